The van der Waals surface area contributed by atoms with Crippen LogP contribution in [0.5, 0.6) is 5.75 Å². The molecule has 1 saturated carbocycles. The minimum absolute atomic E-state index is 0.140. The Bertz CT molecular complexity index is 730. The molecule has 0 atom stereocenters. The van der Waals surface area contributed by atoms with E-state index in [1.54, 1.807) is 0 Å². The van der Waals surface area contributed by atoms with Crippen molar-refractivity contribution >= 4 is 22.4 Å². The molecule has 3 rings (SSSR count). The predicted octanol–water partition coefficient (Wildman–Crippen LogP) is 5.39. The van der Waals surface area contributed by atoms with Crippen molar-refractivity contribution < 1.29 is 9.53 Å². The van der Waals surface area contributed by atoms with Crippen LogP contribution in [0.1, 0.15) is 46.5 Å². The highest BCUT2D eigenvalue weighted by atomic mass is 16.5. The van der Waals surface area contributed by atoms with Crippen LogP contribution in [0.25, 0.3) is 10.8 Å². The van der Waals surface area contributed by atoms with E-state index in [4.69, 9.17) is 4.74 Å². The van der Waals surface area contributed by atoms with Crippen LogP contribution in [0.15, 0.2) is 36.4 Å². The van der Waals surface area contributed by atoms with Crippen LogP contribution >= 0.6 is 0 Å². The monoisotopic (exact) mass is 325 g/mol. The standard InChI is InChI=1S/C21H27NO2/c1-15(2)14-24-19-11-10-18(16-8-4-5-9-17(16)19)22-20(23)21(3)12-6-7-13-21/h4-5,8-11,15H,6-7,12-14H2,1-3H3,(H,22,23). The van der Waals surface area contributed by atoms with Crippen molar-refractivity contribution in [3.63, 3.8) is 0 Å². The van der Waals surface area contributed by atoms with Crippen molar-refractivity contribution in [1.82, 2.24) is 0 Å². The fourth-order valence-corrected chi connectivity index (χ4v) is 3.42. The lowest BCUT2D eigenvalue weighted by molar-refractivity contribution is -0.124. The zero-order valence-electron chi connectivity index (χ0n) is 14.9. The van der Waals surface area contributed by atoms with Gasteiger partial charge in [0.15, 0.2) is 0 Å². The number of anilines is 1. The summed E-state index contributed by atoms with van der Waals surface area (Å²) in [6.07, 6.45) is 4.25. The molecule has 1 amide bonds. The van der Waals surface area contributed by atoms with Gasteiger partial charge in [0.05, 0.1) is 6.61 Å². The molecule has 1 N–H and O–H groups in total. The lowest BCUT2D eigenvalue weighted by Gasteiger charge is -2.23. The van der Waals surface area contributed by atoms with Gasteiger partial charge in [-0.15, -0.1) is 0 Å². The molecular weight excluding hydrogens is 298 g/mol. The van der Waals surface area contributed by atoms with Gasteiger partial charge < -0.3 is 10.1 Å². The smallest absolute Gasteiger partial charge is 0.230 e. The molecule has 128 valence electrons. The fourth-order valence-electron chi connectivity index (χ4n) is 3.42. The average molecular weight is 325 g/mol. The van der Waals surface area contributed by atoms with E-state index in [-0.39, 0.29) is 11.3 Å². The third kappa shape index (κ3) is 3.40. The summed E-state index contributed by atoms with van der Waals surface area (Å²) >= 11 is 0. The van der Waals surface area contributed by atoms with Crippen molar-refractivity contribution in [3.8, 4) is 5.75 Å². The molecule has 1 aliphatic rings. The molecule has 0 aliphatic heterocycles. The largest absolute Gasteiger partial charge is 0.493 e. The van der Waals surface area contributed by atoms with E-state index in [9.17, 15) is 4.79 Å². The summed E-state index contributed by atoms with van der Waals surface area (Å²) in [5.41, 5.74) is 0.647. The minimum atomic E-state index is -0.228. The molecule has 0 saturated heterocycles. The Morgan fingerprint density at radius 2 is 1.79 bits per heavy atom. The molecule has 2 aromatic carbocycles. The van der Waals surface area contributed by atoms with Gasteiger partial charge in [0.25, 0.3) is 0 Å². The molecule has 0 aromatic heterocycles. The van der Waals surface area contributed by atoms with Crippen LogP contribution in [-0.4, -0.2) is 12.5 Å². The zero-order chi connectivity index (χ0) is 17.2. The first-order chi connectivity index (χ1) is 11.5. The lowest BCUT2D eigenvalue weighted by Crippen LogP contribution is -2.30. The van der Waals surface area contributed by atoms with Crippen LogP contribution < -0.4 is 10.1 Å². The first kappa shape index (κ1) is 16.8. The van der Waals surface area contributed by atoms with Gasteiger partial charge in [-0.25, -0.2) is 0 Å². The van der Waals surface area contributed by atoms with Crippen LogP contribution in [0, 0.1) is 11.3 Å². The quantitative estimate of drug-likeness (QED) is 0.800. The van der Waals surface area contributed by atoms with Crippen molar-refractivity contribution in [2.45, 2.75) is 46.5 Å². The molecule has 0 heterocycles. The van der Waals surface area contributed by atoms with Gasteiger partial charge in [0, 0.05) is 21.9 Å². The highest BCUT2D eigenvalue weighted by molar-refractivity contribution is 6.05. The second-order valence-electron chi connectivity index (χ2n) is 7.58. The predicted molar refractivity (Wildman–Crippen MR) is 99.5 cm³/mol. The summed E-state index contributed by atoms with van der Waals surface area (Å²) in [4.78, 5) is 12.7. The molecule has 3 heteroatoms. The molecule has 1 aliphatic carbocycles. The first-order valence-electron chi connectivity index (χ1n) is 8.96. The summed E-state index contributed by atoms with van der Waals surface area (Å²) in [6.45, 7) is 7.05. The van der Waals surface area contributed by atoms with E-state index < -0.39 is 0 Å². The maximum Gasteiger partial charge on any atom is 0.230 e. The third-order valence-corrected chi connectivity index (χ3v) is 4.96. The minimum Gasteiger partial charge on any atom is -0.493 e. The number of ether oxygens (including phenoxy) is 1. The topological polar surface area (TPSA) is 38.3 Å². The molecule has 24 heavy (non-hydrogen) atoms. The number of hydrogen-bond donors (Lipinski definition) is 1. The summed E-state index contributed by atoms with van der Waals surface area (Å²) in [6, 6.07) is 12.0. The molecular formula is C21H27NO2. The highest BCUT2D eigenvalue weighted by Crippen LogP contribution is 2.39. The van der Waals surface area contributed by atoms with Crippen LogP contribution in [0.2, 0.25) is 0 Å². The van der Waals surface area contributed by atoms with E-state index in [0.29, 0.717) is 12.5 Å². The molecule has 0 unspecified atom stereocenters. The molecule has 1 fully saturated rings. The maximum atomic E-state index is 12.7. The molecule has 2 aromatic rings. The van der Waals surface area contributed by atoms with Crippen LogP contribution in [0.4, 0.5) is 5.69 Å². The van der Waals surface area contributed by atoms with Crippen LogP contribution in [-0.2, 0) is 4.79 Å². The average Bonchev–Trinajstić information content (AvgIpc) is 3.02. The number of rotatable bonds is 5. The summed E-state index contributed by atoms with van der Waals surface area (Å²) in [7, 11) is 0. The number of nitrogens with one attached hydrogen (secondary N) is 1. The van der Waals surface area contributed by atoms with Crippen molar-refractivity contribution in [3.05, 3.63) is 36.4 Å². The Hall–Kier alpha value is -2.03. The van der Waals surface area contributed by atoms with Crippen molar-refractivity contribution in [2.75, 3.05) is 11.9 Å². The Morgan fingerprint density at radius 3 is 2.46 bits per heavy atom. The fraction of sp³-hybridized carbons (Fsp3) is 0.476. The van der Waals surface area contributed by atoms with E-state index in [1.807, 2.05) is 30.3 Å². The van der Waals surface area contributed by atoms with Gasteiger partial charge in [-0.2, -0.15) is 0 Å². The number of carbonyl (C=O) groups excluding carboxylic acids is 1. The zero-order valence-corrected chi connectivity index (χ0v) is 14.9. The van der Waals surface area contributed by atoms with E-state index >= 15 is 0 Å². The maximum absolute atomic E-state index is 12.7. The van der Waals surface area contributed by atoms with Gasteiger partial charge in [0.2, 0.25) is 5.91 Å². The van der Waals surface area contributed by atoms with Crippen molar-refractivity contribution in [2.24, 2.45) is 11.3 Å². The van der Waals surface area contributed by atoms with Crippen molar-refractivity contribution in [1.29, 1.82) is 0 Å². The first-order valence-corrected chi connectivity index (χ1v) is 8.96. The summed E-state index contributed by atoms with van der Waals surface area (Å²) in [5.74, 6) is 1.50. The number of fused-ring (bicyclic) bond motifs is 1. The summed E-state index contributed by atoms with van der Waals surface area (Å²) < 4.78 is 5.95. The number of benzene rings is 2. The van der Waals surface area contributed by atoms with E-state index in [0.717, 1.165) is 47.9 Å². The Kier molecular flexibility index (Phi) is 4.79. The van der Waals surface area contributed by atoms with E-state index in [2.05, 4.69) is 32.2 Å². The normalized spacial score (nSPS) is 16.5. The molecule has 0 spiro atoms. The molecule has 0 radical (unpaired) electrons. The second-order valence-corrected chi connectivity index (χ2v) is 7.58. The van der Waals surface area contributed by atoms with Gasteiger partial charge in [-0.3, -0.25) is 4.79 Å². The second kappa shape index (κ2) is 6.84. The van der Waals surface area contributed by atoms with Gasteiger partial charge >= 0.3 is 0 Å². The summed E-state index contributed by atoms with van der Waals surface area (Å²) in [5, 5.41) is 5.25. The lowest BCUT2D eigenvalue weighted by atomic mass is 9.87. The highest BCUT2D eigenvalue weighted by Gasteiger charge is 2.36. The third-order valence-electron chi connectivity index (χ3n) is 4.96. The van der Waals surface area contributed by atoms with Gasteiger partial charge in [0.1, 0.15) is 5.75 Å². The Balaban J connectivity index is 1.89. The van der Waals surface area contributed by atoms with E-state index in [1.165, 1.54) is 0 Å². The number of hydrogen-bond acceptors (Lipinski definition) is 2. The number of carbonyl (C=O) groups is 1. The number of amides is 1. The Morgan fingerprint density at radius 1 is 1.12 bits per heavy atom. The molecule has 3 nitrogen and oxygen atoms in total. The van der Waals surface area contributed by atoms with Gasteiger partial charge in [-0.1, -0.05) is 57.9 Å². The SMILES string of the molecule is CC(C)COc1ccc(NC(=O)C2(C)CCCC2)c2ccccc12. The Labute approximate surface area is 144 Å². The van der Waals surface area contributed by atoms with Crippen LogP contribution in [0.3, 0.4) is 0 Å². The molecule has 0 bridgehead atoms. The van der Waals surface area contributed by atoms with Gasteiger partial charge in [-0.05, 0) is 30.9 Å².